The van der Waals surface area contributed by atoms with Crippen LogP contribution in [0.25, 0.3) is 5.52 Å². The summed E-state index contributed by atoms with van der Waals surface area (Å²) in [5.74, 6) is 0. The Morgan fingerprint density at radius 2 is 1.93 bits per heavy atom. The van der Waals surface area contributed by atoms with Crippen molar-refractivity contribution in [3.63, 3.8) is 0 Å². The van der Waals surface area contributed by atoms with E-state index in [0.29, 0.717) is 6.61 Å². The molecule has 2 rings (SSSR count). The highest BCUT2D eigenvalue weighted by atomic mass is 16.5. The molecule has 2 nitrogen and oxygen atoms in total. The third-order valence-electron chi connectivity index (χ3n) is 2.30. The van der Waals surface area contributed by atoms with Gasteiger partial charge in [-0.1, -0.05) is 6.07 Å². The fraction of sp³-hybridized carbons (Fsp3) is 0.385. The lowest BCUT2D eigenvalue weighted by Gasteiger charge is -2.19. The lowest BCUT2D eigenvalue weighted by atomic mass is 10.2. The normalized spacial score (nSPS) is 12.2. The maximum absolute atomic E-state index is 5.76. The van der Waals surface area contributed by atoms with E-state index in [9.17, 15) is 0 Å². The van der Waals surface area contributed by atoms with Gasteiger partial charge in [0.2, 0.25) is 0 Å². The molecule has 80 valence electrons. The molecule has 0 radical (unpaired) electrons. The summed E-state index contributed by atoms with van der Waals surface area (Å²) in [5.41, 5.74) is 2.32. The van der Waals surface area contributed by atoms with Crippen LogP contribution in [-0.4, -0.2) is 10.0 Å². The average molecular weight is 203 g/mol. The molecule has 0 fully saturated rings. The molecular weight excluding hydrogens is 186 g/mol. The van der Waals surface area contributed by atoms with Gasteiger partial charge in [-0.15, -0.1) is 0 Å². The monoisotopic (exact) mass is 203 g/mol. The van der Waals surface area contributed by atoms with Crippen molar-refractivity contribution in [1.82, 2.24) is 4.40 Å². The molecule has 2 aromatic heterocycles. The molecule has 0 unspecified atom stereocenters. The second kappa shape index (κ2) is 3.70. The van der Waals surface area contributed by atoms with Crippen molar-refractivity contribution in [2.75, 3.05) is 0 Å². The summed E-state index contributed by atoms with van der Waals surface area (Å²) in [5, 5.41) is 0. The summed E-state index contributed by atoms with van der Waals surface area (Å²) in [4.78, 5) is 0. The number of nitrogens with zero attached hydrogens (tertiary/aromatic N) is 1. The smallest absolute Gasteiger partial charge is 0.0878 e. The Morgan fingerprint density at radius 3 is 2.67 bits per heavy atom. The molecule has 0 bridgehead atoms. The van der Waals surface area contributed by atoms with E-state index in [1.165, 1.54) is 11.2 Å². The second-order valence-electron chi connectivity index (χ2n) is 4.72. The maximum Gasteiger partial charge on any atom is 0.0878 e. The first-order valence-electron chi connectivity index (χ1n) is 5.25. The van der Waals surface area contributed by atoms with E-state index < -0.39 is 0 Å². The van der Waals surface area contributed by atoms with Crippen molar-refractivity contribution in [3.05, 3.63) is 42.2 Å². The Bertz CT molecular complexity index is 451. The number of rotatable bonds is 2. The van der Waals surface area contributed by atoms with Gasteiger partial charge in [-0.2, -0.15) is 0 Å². The average Bonchev–Trinajstić information content (AvgIpc) is 2.57. The molecule has 0 aromatic carbocycles. The van der Waals surface area contributed by atoms with Crippen LogP contribution in [0.2, 0.25) is 0 Å². The number of hydrogen-bond acceptors (Lipinski definition) is 1. The van der Waals surface area contributed by atoms with Crippen LogP contribution in [0.15, 0.2) is 36.5 Å². The van der Waals surface area contributed by atoms with E-state index in [0.717, 1.165) is 0 Å². The van der Waals surface area contributed by atoms with Crippen molar-refractivity contribution < 1.29 is 4.74 Å². The van der Waals surface area contributed by atoms with Gasteiger partial charge in [-0.25, -0.2) is 0 Å². The lowest BCUT2D eigenvalue weighted by Crippen LogP contribution is -2.19. The number of pyridine rings is 1. The topological polar surface area (TPSA) is 13.6 Å². The molecule has 0 amide bonds. The van der Waals surface area contributed by atoms with Crippen LogP contribution < -0.4 is 0 Å². The minimum absolute atomic E-state index is 0.0844. The van der Waals surface area contributed by atoms with Gasteiger partial charge in [-0.05, 0) is 45.0 Å². The fourth-order valence-corrected chi connectivity index (χ4v) is 1.52. The largest absolute Gasteiger partial charge is 0.370 e. The third-order valence-corrected chi connectivity index (χ3v) is 2.30. The summed E-state index contributed by atoms with van der Waals surface area (Å²) in [6.45, 7) is 6.87. The minimum atomic E-state index is -0.0844. The van der Waals surface area contributed by atoms with E-state index in [1.54, 1.807) is 0 Å². The van der Waals surface area contributed by atoms with Crippen molar-refractivity contribution in [2.45, 2.75) is 33.0 Å². The minimum Gasteiger partial charge on any atom is -0.370 e. The summed E-state index contributed by atoms with van der Waals surface area (Å²) in [6, 6.07) is 10.4. The quantitative estimate of drug-likeness (QED) is 0.730. The Balaban J connectivity index is 2.22. The zero-order valence-electron chi connectivity index (χ0n) is 9.53. The van der Waals surface area contributed by atoms with Gasteiger partial charge >= 0.3 is 0 Å². The predicted octanol–water partition coefficient (Wildman–Crippen LogP) is 3.25. The summed E-state index contributed by atoms with van der Waals surface area (Å²) >= 11 is 0. The van der Waals surface area contributed by atoms with Crippen molar-refractivity contribution >= 4 is 5.52 Å². The van der Waals surface area contributed by atoms with E-state index in [1.807, 2.05) is 12.1 Å². The first-order valence-corrected chi connectivity index (χ1v) is 5.25. The van der Waals surface area contributed by atoms with Gasteiger partial charge in [0.1, 0.15) is 0 Å². The van der Waals surface area contributed by atoms with Crippen molar-refractivity contribution in [3.8, 4) is 0 Å². The molecule has 2 heterocycles. The molecule has 0 aliphatic carbocycles. The molecule has 2 heteroatoms. The summed E-state index contributed by atoms with van der Waals surface area (Å²) < 4.78 is 7.92. The highest BCUT2D eigenvalue weighted by molar-refractivity contribution is 5.49. The maximum atomic E-state index is 5.76. The zero-order chi connectivity index (χ0) is 10.9. The first-order chi connectivity index (χ1) is 7.06. The molecule has 15 heavy (non-hydrogen) atoms. The third kappa shape index (κ3) is 2.39. The second-order valence-corrected chi connectivity index (χ2v) is 4.72. The van der Waals surface area contributed by atoms with Crippen LogP contribution in [0.3, 0.4) is 0 Å². The van der Waals surface area contributed by atoms with Crippen LogP contribution in [-0.2, 0) is 11.3 Å². The Hall–Kier alpha value is -1.28. The van der Waals surface area contributed by atoms with E-state index >= 15 is 0 Å². The van der Waals surface area contributed by atoms with Crippen molar-refractivity contribution in [2.24, 2.45) is 0 Å². The number of fused-ring (bicyclic) bond motifs is 1. The number of ether oxygens (including phenoxy) is 1. The molecule has 0 atom stereocenters. The lowest BCUT2D eigenvalue weighted by molar-refractivity contribution is -0.0167. The van der Waals surface area contributed by atoms with E-state index in [-0.39, 0.29) is 5.60 Å². The summed E-state index contributed by atoms with van der Waals surface area (Å²) in [6.07, 6.45) is 2.07. The van der Waals surface area contributed by atoms with Gasteiger partial charge < -0.3 is 9.14 Å². The van der Waals surface area contributed by atoms with E-state index in [4.69, 9.17) is 4.74 Å². The molecule has 2 aromatic rings. The number of aromatic nitrogens is 1. The first kappa shape index (κ1) is 10.2. The Morgan fingerprint density at radius 1 is 1.13 bits per heavy atom. The highest BCUT2D eigenvalue weighted by Crippen LogP contribution is 2.14. The molecule has 0 saturated carbocycles. The standard InChI is InChI=1S/C13H17NO/c1-13(2,3)15-10-12-8-7-11-6-4-5-9-14(11)12/h4-9H,10H2,1-3H3. The predicted molar refractivity (Wildman–Crippen MR) is 61.9 cm³/mol. The molecular formula is C13H17NO. The van der Waals surface area contributed by atoms with Crippen LogP contribution in [0.5, 0.6) is 0 Å². The Labute approximate surface area is 90.5 Å². The van der Waals surface area contributed by atoms with E-state index in [2.05, 4.69) is 49.6 Å². The molecule has 0 N–H and O–H groups in total. The van der Waals surface area contributed by atoms with Gasteiger partial charge in [0.05, 0.1) is 12.2 Å². The van der Waals surface area contributed by atoms with Crippen LogP contribution in [0.1, 0.15) is 26.5 Å². The summed E-state index contributed by atoms with van der Waals surface area (Å²) in [7, 11) is 0. The van der Waals surface area contributed by atoms with Crippen LogP contribution in [0.4, 0.5) is 0 Å². The van der Waals surface area contributed by atoms with Gasteiger partial charge in [0, 0.05) is 17.4 Å². The molecule has 0 saturated heterocycles. The van der Waals surface area contributed by atoms with Gasteiger partial charge in [0.15, 0.2) is 0 Å². The van der Waals surface area contributed by atoms with Gasteiger partial charge in [-0.3, -0.25) is 0 Å². The van der Waals surface area contributed by atoms with Crippen molar-refractivity contribution in [1.29, 1.82) is 0 Å². The molecule has 0 aliphatic heterocycles. The van der Waals surface area contributed by atoms with Crippen LogP contribution in [0, 0.1) is 0 Å². The van der Waals surface area contributed by atoms with Crippen LogP contribution >= 0.6 is 0 Å². The Kier molecular flexibility index (Phi) is 2.53. The van der Waals surface area contributed by atoms with Gasteiger partial charge in [0.25, 0.3) is 0 Å². The zero-order valence-corrected chi connectivity index (χ0v) is 9.53. The number of hydrogen-bond donors (Lipinski definition) is 0. The highest BCUT2D eigenvalue weighted by Gasteiger charge is 2.11. The SMILES string of the molecule is CC(C)(C)OCc1ccc2ccccn12. The molecule has 0 aliphatic rings. The molecule has 0 spiro atoms. The fourth-order valence-electron chi connectivity index (χ4n) is 1.52.